The number of anilines is 1. The van der Waals surface area contributed by atoms with Crippen molar-refractivity contribution in [3.63, 3.8) is 0 Å². The first-order valence-electron chi connectivity index (χ1n) is 31.1. The van der Waals surface area contributed by atoms with Gasteiger partial charge in [0.05, 0.1) is 12.4 Å². The van der Waals surface area contributed by atoms with Crippen LogP contribution in [0.2, 0.25) is 0 Å². The van der Waals surface area contributed by atoms with Gasteiger partial charge in [-0.05, 0) is 99.2 Å². The molecule has 9 N–H and O–H groups in total. The van der Waals surface area contributed by atoms with E-state index in [4.69, 9.17) is 20.2 Å². The number of nitrogens with one attached hydrogen (secondary N) is 6. The number of nitrogens with two attached hydrogens (primary N) is 1. The van der Waals surface area contributed by atoms with E-state index in [0.29, 0.717) is 92.0 Å². The van der Waals surface area contributed by atoms with Crippen LogP contribution in [-0.2, 0) is 48.3 Å². The van der Waals surface area contributed by atoms with Crippen LogP contribution < -0.4 is 37.1 Å². The number of thiazole rings is 1. The molecular formula is C63H93N13O9S3. The smallest absolute Gasteiger partial charge is 0.270 e. The number of likely N-dealkylation sites (tertiary alicyclic amines) is 1. The van der Waals surface area contributed by atoms with Crippen LogP contribution in [-0.4, -0.2) is 151 Å². The molecule has 7 atom stereocenters. The molecule has 0 saturated carbocycles. The molecule has 1 aliphatic heterocycles. The van der Waals surface area contributed by atoms with E-state index in [-0.39, 0.29) is 96.2 Å². The number of aromatic hydroxyl groups is 1. The number of imidazole rings is 1. The number of hydrogen-bond acceptors (Lipinski definition) is 18. The fourth-order valence-corrected chi connectivity index (χ4v) is 13.2. The number of amides is 6. The minimum absolute atomic E-state index is 0.0347. The van der Waals surface area contributed by atoms with Gasteiger partial charge in [-0.2, -0.15) is 9.97 Å². The Kier molecular flexibility index (Phi) is 29.5. The van der Waals surface area contributed by atoms with Crippen molar-refractivity contribution < 1.29 is 43.3 Å². The van der Waals surface area contributed by atoms with Gasteiger partial charge in [-0.15, -0.1) is 11.3 Å². The molecule has 5 aromatic rings. The van der Waals surface area contributed by atoms with Crippen LogP contribution in [0.15, 0.2) is 60.2 Å². The first-order chi connectivity index (χ1) is 42.4. The monoisotopic (exact) mass is 1270 g/mol. The Labute approximate surface area is 530 Å². The first-order valence-corrected chi connectivity index (χ1v) is 34.4. The van der Waals surface area contributed by atoms with Crippen molar-refractivity contribution >= 4 is 85.5 Å². The Morgan fingerprint density at radius 3 is 2.23 bits per heavy atom. The van der Waals surface area contributed by atoms with E-state index < -0.39 is 24.1 Å². The Morgan fingerprint density at radius 1 is 0.852 bits per heavy atom. The summed E-state index contributed by atoms with van der Waals surface area (Å²) < 4.78 is 12.4. The largest absolute Gasteiger partial charge is 0.508 e. The Morgan fingerprint density at radius 2 is 1.55 bits per heavy atom. The third-order valence-electron chi connectivity index (χ3n) is 15.7. The number of benzene rings is 2. The maximum atomic E-state index is 14.8. The molecule has 6 amide bonds. The number of ether oxygens (including phenoxy) is 2. The highest BCUT2D eigenvalue weighted by Crippen LogP contribution is 2.32. The molecule has 3 aromatic heterocycles. The molecule has 2 aromatic carbocycles. The molecule has 1 fully saturated rings. The van der Waals surface area contributed by atoms with Crippen molar-refractivity contribution in [1.82, 2.24) is 61.3 Å². The van der Waals surface area contributed by atoms with E-state index in [9.17, 15) is 33.9 Å². The molecule has 6 rings (SSSR count). The summed E-state index contributed by atoms with van der Waals surface area (Å²) in [6, 6.07) is 12.8. The Balaban J connectivity index is 0.919. The van der Waals surface area contributed by atoms with Crippen molar-refractivity contribution in [2.45, 2.75) is 169 Å². The standard InChI is InChI=1S/C63H93N13O9S3/c1-9-28-76(62(83)54(41(6)11-3)72-59(82)49-15-12-13-29-75(49)8)50(40(4)5)35-51(84-30-10-2)61-71-48(38-86-61)58(81)70-46(34-43-22-24-47(77)25-23-43)33-42(7)57(80)66-27-32-88-87-31-26-65-52(78)16-14-17-53(79)67-36-44-18-20-45(21-19-44)37-85-60-55-56(69-39-68-55)73-63(64)74-60/h18-25,38-42,46,49-51,54,77H,9-17,26-37H2,1-8H3,(H,65,78)(H,66,80)(H,67,79)(H,70,81)(H,72,82)(H3,64,68,69,73,74). The number of H-pyrrole nitrogens is 1. The second-order valence-corrected chi connectivity index (χ2v) is 26.7. The number of aromatic amines is 1. The predicted octanol–water partition coefficient (Wildman–Crippen LogP) is 8.28. The quantitative estimate of drug-likeness (QED) is 0.0136. The zero-order valence-electron chi connectivity index (χ0n) is 52.4. The Hall–Kier alpha value is -6.54. The number of rotatable bonds is 38. The van der Waals surface area contributed by atoms with Gasteiger partial charge in [0.2, 0.25) is 41.4 Å². The number of phenols is 1. The zero-order valence-corrected chi connectivity index (χ0v) is 54.9. The molecule has 0 spiro atoms. The number of aromatic nitrogens is 5. The van der Waals surface area contributed by atoms with Gasteiger partial charge < -0.3 is 56.8 Å². The van der Waals surface area contributed by atoms with Gasteiger partial charge in [-0.3, -0.25) is 33.7 Å². The number of fused-ring (bicyclic) bond motifs is 1. The summed E-state index contributed by atoms with van der Waals surface area (Å²) in [7, 11) is 5.16. The average molecular weight is 1270 g/mol. The first kappa shape index (κ1) is 70.5. The molecule has 1 saturated heterocycles. The van der Waals surface area contributed by atoms with E-state index in [1.165, 1.54) is 17.7 Å². The lowest BCUT2D eigenvalue weighted by Gasteiger charge is -2.40. The van der Waals surface area contributed by atoms with Crippen LogP contribution in [0.4, 0.5) is 5.95 Å². The van der Waals surface area contributed by atoms with Crippen LogP contribution in [0.5, 0.6) is 11.6 Å². The number of likely N-dealkylation sites (N-methyl/N-ethyl adjacent to an activating group) is 1. The van der Waals surface area contributed by atoms with Gasteiger partial charge in [0.25, 0.3) is 5.91 Å². The third-order valence-corrected chi connectivity index (χ3v) is 19.0. The Bertz CT molecular complexity index is 2990. The second-order valence-electron chi connectivity index (χ2n) is 23.1. The molecule has 482 valence electrons. The van der Waals surface area contributed by atoms with Crippen molar-refractivity contribution in [3.8, 4) is 11.6 Å². The SMILES string of the molecule is CCCOC(CC(C(C)C)N(CCC)C(=O)C(NC(=O)C1CCCCN1C)C(C)CC)c1nc(C(=O)NC(Cc2ccc(O)cc2)CC(C)C(=O)NCCSSCCNC(=O)CCCC(=O)NCc2ccc(COc3nc(N)nc4nc[nH]c34)cc2)cs1. The molecular weight excluding hydrogens is 1180 g/mol. The molecule has 88 heavy (non-hydrogen) atoms. The fraction of sp³-hybridized carbons (Fsp3) is 0.587. The summed E-state index contributed by atoms with van der Waals surface area (Å²) in [5.41, 5.74) is 9.69. The maximum Gasteiger partial charge on any atom is 0.270 e. The summed E-state index contributed by atoms with van der Waals surface area (Å²) in [6.45, 7) is 17.5. The van der Waals surface area contributed by atoms with Crippen molar-refractivity contribution in [1.29, 1.82) is 0 Å². The van der Waals surface area contributed by atoms with Crippen molar-refractivity contribution in [2.24, 2.45) is 17.8 Å². The van der Waals surface area contributed by atoms with E-state index >= 15 is 0 Å². The molecule has 0 radical (unpaired) electrons. The zero-order chi connectivity index (χ0) is 63.5. The van der Waals surface area contributed by atoms with Crippen LogP contribution >= 0.6 is 32.9 Å². The van der Waals surface area contributed by atoms with Crippen molar-refractivity contribution in [3.05, 3.63) is 87.6 Å². The third kappa shape index (κ3) is 22.5. The van der Waals surface area contributed by atoms with Crippen LogP contribution in [0.3, 0.4) is 0 Å². The number of nitrogen functional groups attached to an aromatic ring is 1. The lowest BCUT2D eigenvalue weighted by atomic mass is 9.92. The predicted molar refractivity (Wildman–Crippen MR) is 348 cm³/mol. The fourth-order valence-electron chi connectivity index (χ4n) is 10.5. The minimum atomic E-state index is -0.682. The van der Waals surface area contributed by atoms with E-state index in [1.807, 2.05) is 63.9 Å². The normalized spacial score (nSPS) is 15.6. The number of carbonyl (C=O) groups is 6. The minimum Gasteiger partial charge on any atom is -0.508 e. The number of nitrogens with zero attached hydrogens (tertiary/aromatic N) is 6. The summed E-state index contributed by atoms with van der Waals surface area (Å²) in [5.74, 6) is 0.324. The van der Waals surface area contributed by atoms with Gasteiger partial charge in [0.1, 0.15) is 40.7 Å². The van der Waals surface area contributed by atoms with Crippen LogP contribution in [0, 0.1) is 17.8 Å². The summed E-state index contributed by atoms with van der Waals surface area (Å²) in [5, 5.41) is 27.6. The van der Waals surface area contributed by atoms with Crippen LogP contribution in [0.1, 0.15) is 157 Å². The molecule has 4 heterocycles. The highest BCUT2D eigenvalue weighted by Gasteiger charge is 2.38. The average Bonchev–Trinajstić information content (AvgIpc) is 3.62. The lowest BCUT2D eigenvalue weighted by molar-refractivity contribution is -0.143. The molecule has 7 unspecified atom stereocenters. The molecule has 1 aliphatic rings. The molecule has 0 bridgehead atoms. The molecule has 0 aliphatic carbocycles. The van der Waals surface area contributed by atoms with Gasteiger partial charge in [0, 0.05) is 86.9 Å². The topological polar surface area (TPSA) is 301 Å². The lowest BCUT2D eigenvalue weighted by Crippen LogP contribution is -2.58. The molecule has 22 nitrogen and oxygen atoms in total. The maximum absolute atomic E-state index is 14.8. The summed E-state index contributed by atoms with van der Waals surface area (Å²) in [6.07, 6.45) is 8.06. The van der Waals surface area contributed by atoms with Gasteiger partial charge >= 0.3 is 0 Å². The number of phenolic OH excluding ortho intramolecular Hbond substituents is 1. The number of hydrogen-bond donors (Lipinski definition) is 8. The number of carbonyl (C=O) groups excluding carboxylic acids is 6. The van der Waals surface area contributed by atoms with Gasteiger partial charge in [-0.1, -0.05) is 119 Å². The van der Waals surface area contributed by atoms with E-state index in [2.05, 4.69) is 72.2 Å². The van der Waals surface area contributed by atoms with E-state index in [1.54, 1.807) is 51.2 Å². The second kappa shape index (κ2) is 36.8. The van der Waals surface area contributed by atoms with Gasteiger partial charge in [-0.25, -0.2) is 9.97 Å². The number of piperidine rings is 1. The van der Waals surface area contributed by atoms with Gasteiger partial charge in [0.15, 0.2) is 5.65 Å². The van der Waals surface area contributed by atoms with Crippen molar-refractivity contribution in [2.75, 3.05) is 57.1 Å². The highest BCUT2D eigenvalue weighted by atomic mass is 33.1. The highest BCUT2D eigenvalue weighted by molar-refractivity contribution is 8.76. The summed E-state index contributed by atoms with van der Waals surface area (Å²) in [4.78, 5) is 106. The summed E-state index contributed by atoms with van der Waals surface area (Å²) >= 11 is 1.34. The van der Waals surface area contributed by atoms with Crippen LogP contribution in [0.25, 0.3) is 11.2 Å². The molecule has 25 heteroatoms. The van der Waals surface area contributed by atoms with E-state index in [0.717, 1.165) is 61.8 Å².